The standard InChI is InChI=1S/C30H19N3/c1-2-10-20(11-3-1)29-24-15-6-8-16-26(24)31-30(32-29)33-27-17-9-7-14-23(27)25-18-21-12-4-5-13-22(21)19-28(25)33/h1-19H. The zero-order chi connectivity index (χ0) is 21.8. The average molecular weight is 422 g/mol. The third-order valence-corrected chi connectivity index (χ3v) is 6.38. The summed E-state index contributed by atoms with van der Waals surface area (Å²) in [7, 11) is 0. The van der Waals surface area contributed by atoms with E-state index in [4.69, 9.17) is 9.97 Å². The Labute approximate surface area is 190 Å². The summed E-state index contributed by atoms with van der Waals surface area (Å²) < 4.78 is 2.20. The molecule has 0 unspecified atom stereocenters. The lowest BCUT2D eigenvalue weighted by atomic mass is 10.1. The fourth-order valence-corrected chi connectivity index (χ4v) is 4.85. The second kappa shape index (κ2) is 7.01. The van der Waals surface area contributed by atoms with Crippen LogP contribution in [0.4, 0.5) is 0 Å². The molecule has 7 rings (SSSR count). The molecule has 0 radical (unpaired) electrons. The number of rotatable bonds is 2. The lowest BCUT2D eigenvalue weighted by molar-refractivity contribution is 1.01. The van der Waals surface area contributed by atoms with Crippen LogP contribution in [-0.4, -0.2) is 14.5 Å². The van der Waals surface area contributed by atoms with E-state index in [9.17, 15) is 0 Å². The van der Waals surface area contributed by atoms with Gasteiger partial charge < -0.3 is 0 Å². The molecule has 0 fully saturated rings. The van der Waals surface area contributed by atoms with Gasteiger partial charge in [-0.3, -0.25) is 4.57 Å². The topological polar surface area (TPSA) is 30.7 Å². The van der Waals surface area contributed by atoms with Crippen molar-refractivity contribution in [2.24, 2.45) is 0 Å². The maximum Gasteiger partial charge on any atom is 0.235 e. The van der Waals surface area contributed by atoms with Gasteiger partial charge in [-0.05, 0) is 35.0 Å². The molecule has 0 aliphatic rings. The molecule has 2 aromatic heterocycles. The minimum atomic E-state index is 0.689. The van der Waals surface area contributed by atoms with Crippen molar-refractivity contribution in [2.45, 2.75) is 0 Å². The van der Waals surface area contributed by atoms with Crippen LogP contribution in [0, 0.1) is 0 Å². The summed E-state index contributed by atoms with van der Waals surface area (Å²) in [5.41, 5.74) is 5.20. The van der Waals surface area contributed by atoms with Crippen molar-refractivity contribution in [1.82, 2.24) is 14.5 Å². The predicted octanol–water partition coefficient (Wildman–Crippen LogP) is 7.55. The van der Waals surface area contributed by atoms with Gasteiger partial charge in [0.25, 0.3) is 0 Å². The summed E-state index contributed by atoms with van der Waals surface area (Å²) >= 11 is 0. The minimum Gasteiger partial charge on any atom is -0.278 e. The lowest BCUT2D eigenvalue weighted by Crippen LogP contribution is -2.03. The minimum absolute atomic E-state index is 0.689. The summed E-state index contributed by atoms with van der Waals surface area (Å²) in [5, 5.41) is 5.91. The maximum atomic E-state index is 5.15. The molecule has 33 heavy (non-hydrogen) atoms. The Bertz CT molecular complexity index is 1810. The number of hydrogen-bond acceptors (Lipinski definition) is 2. The monoisotopic (exact) mass is 421 g/mol. The number of fused-ring (bicyclic) bond motifs is 5. The van der Waals surface area contributed by atoms with Gasteiger partial charge in [-0.2, -0.15) is 0 Å². The summed E-state index contributed by atoms with van der Waals surface area (Å²) in [4.78, 5) is 10.2. The van der Waals surface area contributed by atoms with E-state index in [2.05, 4.69) is 102 Å². The molecular weight excluding hydrogens is 402 g/mol. The zero-order valence-electron chi connectivity index (χ0n) is 17.8. The quantitative estimate of drug-likeness (QED) is 0.289. The van der Waals surface area contributed by atoms with Crippen LogP contribution in [0.25, 0.3) is 60.7 Å². The molecule has 0 N–H and O–H groups in total. The molecule has 0 bridgehead atoms. The van der Waals surface area contributed by atoms with E-state index in [1.54, 1.807) is 0 Å². The first kappa shape index (κ1) is 18.1. The number of nitrogens with zero attached hydrogens (tertiary/aromatic N) is 3. The van der Waals surface area contributed by atoms with Gasteiger partial charge in [0, 0.05) is 21.7 Å². The van der Waals surface area contributed by atoms with E-state index in [0.29, 0.717) is 5.95 Å². The molecule has 3 heteroatoms. The van der Waals surface area contributed by atoms with E-state index in [1.807, 2.05) is 18.2 Å². The van der Waals surface area contributed by atoms with E-state index in [0.717, 1.165) is 33.2 Å². The summed E-state index contributed by atoms with van der Waals surface area (Å²) in [6.07, 6.45) is 0. The van der Waals surface area contributed by atoms with Gasteiger partial charge in [-0.15, -0.1) is 0 Å². The number of benzene rings is 5. The Hall–Kier alpha value is -4.50. The highest BCUT2D eigenvalue weighted by atomic mass is 15.2. The van der Waals surface area contributed by atoms with E-state index in [1.165, 1.54) is 21.5 Å². The third kappa shape index (κ3) is 2.76. The first-order valence-electron chi connectivity index (χ1n) is 11.1. The van der Waals surface area contributed by atoms with Gasteiger partial charge in [0.05, 0.1) is 22.2 Å². The number of para-hydroxylation sites is 2. The van der Waals surface area contributed by atoms with Gasteiger partial charge in [0.15, 0.2) is 0 Å². The molecule has 0 aliphatic carbocycles. The molecule has 0 spiro atoms. The normalized spacial score (nSPS) is 11.6. The highest BCUT2D eigenvalue weighted by molar-refractivity contribution is 6.13. The number of aromatic nitrogens is 3. The smallest absolute Gasteiger partial charge is 0.235 e. The van der Waals surface area contributed by atoms with Crippen molar-refractivity contribution < 1.29 is 0 Å². The third-order valence-electron chi connectivity index (χ3n) is 6.38. The van der Waals surface area contributed by atoms with Crippen molar-refractivity contribution in [3.05, 3.63) is 115 Å². The maximum absolute atomic E-state index is 5.15. The van der Waals surface area contributed by atoms with Crippen LogP contribution >= 0.6 is 0 Å². The second-order valence-electron chi connectivity index (χ2n) is 8.32. The van der Waals surface area contributed by atoms with Crippen LogP contribution < -0.4 is 0 Å². The van der Waals surface area contributed by atoms with Crippen LogP contribution in [0.2, 0.25) is 0 Å². The largest absolute Gasteiger partial charge is 0.278 e. The van der Waals surface area contributed by atoms with E-state index < -0.39 is 0 Å². The predicted molar refractivity (Wildman–Crippen MR) is 137 cm³/mol. The Morgan fingerprint density at radius 3 is 2.00 bits per heavy atom. The van der Waals surface area contributed by atoms with Gasteiger partial charge in [-0.1, -0.05) is 91.0 Å². The molecule has 0 amide bonds. The first-order valence-corrected chi connectivity index (χ1v) is 11.1. The Balaban J connectivity index is 1.63. The summed E-state index contributed by atoms with van der Waals surface area (Å²) in [6.45, 7) is 0. The molecule has 0 saturated carbocycles. The van der Waals surface area contributed by atoms with Crippen LogP contribution in [0.3, 0.4) is 0 Å². The van der Waals surface area contributed by atoms with E-state index >= 15 is 0 Å². The Kier molecular flexibility index (Phi) is 3.84. The second-order valence-corrected chi connectivity index (χ2v) is 8.32. The molecule has 7 aromatic rings. The summed E-state index contributed by atoms with van der Waals surface area (Å²) in [6, 6.07) is 40.2. The van der Waals surface area contributed by atoms with Crippen molar-refractivity contribution >= 4 is 43.5 Å². The number of hydrogen-bond donors (Lipinski definition) is 0. The van der Waals surface area contributed by atoms with Gasteiger partial charge in [-0.25, -0.2) is 9.97 Å². The van der Waals surface area contributed by atoms with Crippen molar-refractivity contribution in [3.63, 3.8) is 0 Å². The first-order chi connectivity index (χ1) is 16.4. The summed E-state index contributed by atoms with van der Waals surface area (Å²) in [5.74, 6) is 0.689. The van der Waals surface area contributed by atoms with Crippen molar-refractivity contribution in [3.8, 4) is 17.2 Å². The lowest BCUT2D eigenvalue weighted by Gasteiger charge is -2.11. The van der Waals surface area contributed by atoms with Crippen LogP contribution in [-0.2, 0) is 0 Å². The van der Waals surface area contributed by atoms with Crippen LogP contribution in [0.5, 0.6) is 0 Å². The molecular formula is C30H19N3. The fraction of sp³-hybridized carbons (Fsp3) is 0. The Morgan fingerprint density at radius 2 is 1.15 bits per heavy atom. The van der Waals surface area contributed by atoms with Gasteiger partial charge >= 0.3 is 0 Å². The molecule has 2 heterocycles. The van der Waals surface area contributed by atoms with Crippen molar-refractivity contribution in [2.75, 3.05) is 0 Å². The Morgan fingerprint density at radius 1 is 0.485 bits per heavy atom. The zero-order valence-corrected chi connectivity index (χ0v) is 17.8. The van der Waals surface area contributed by atoms with E-state index in [-0.39, 0.29) is 0 Å². The van der Waals surface area contributed by atoms with Crippen molar-refractivity contribution in [1.29, 1.82) is 0 Å². The van der Waals surface area contributed by atoms with Gasteiger partial charge in [0.1, 0.15) is 0 Å². The molecule has 0 atom stereocenters. The average Bonchev–Trinajstić information content (AvgIpc) is 3.20. The van der Waals surface area contributed by atoms with Crippen LogP contribution in [0.15, 0.2) is 115 Å². The highest BCUT2D eigenvalue weighted by Gasteiger charge is 2.17. The molecule has 3 nitrogen and oxygen atoms in total. The highest BCUT2D eigenvalue weighted by Crippen LogP contribution is 2.35. The van der Waals surface area contributed by atoms with Gasteiger partial charge in [0.2, 0.25) is 5.95 Å². The molecule has 154 valence electrons. The SMILES string of the molecule is c1ccc(-c2nc(-n3c4ccccc4c4cc5ccccc5cc43)nc3ccccc23)cc1. The molecule has 5 aromatic carbocycles. The van der Waals surface area contributed by atoms with Crippen LogP contribution in [0.1, 0.15) is 0 Å². The fourth-order valence-electron chi connectivity index (χ4n) is 4.85. The molecule has 0 saturated heterocycles. The molecule has 0 aliphatic heterocycles.